The standard InChI is InChI=1S/C20H18.C16H14.C15H14O3.2C15H14O2.C14H14.C8H16.C8H10.7CH4/c1-15-3-7-17(8-4-15)19-11-13-20(14-12-19)18-9-5-16(2)6-10-18;1-13-3-7-15(8-4-13)11-12-16-9-5-14(2)6-10-16;1-11-3-7-13(8-4-11)17-15(16)18-14-9-5-12(2)6-10-14;2*1-11-3-7-13(8-4-11)15(16)17-14-9-5-12(2)6-10-14;1-11-3-7-13(8-4-11)14-9-5-12(2)6-10-14;2*1-7-3-5-8(2)6-4-7;;;;;;;/h3-14H,1-2H3;3-10H,1-2H3;3-10H,1-2H3;2*3-10H,1-2H3;3-10H,1-2H3;7-8H,3-6H2,1-2H3;3-6H,1-2H3;7*1H4. The molecule has 0 radical (unpaired) electrons. The Bertz CT molecular complexity index is 5030. The topological polar surface area (TPSA) is 88.1 Å². The van der Waals surface area contributed by atoms with Gasteiger partial charge in [0.2, 0.25) is 0 Å². The summed E-state index contributed by atoms with van der Waals surface area (Å²) >= 11 is 0. The van der Waals surface area contributed by atoms with E-state index in [4.69, 9.17) is 18.9 Å². The summed E-state index contributed by atoms with van der Waals surface area (Å²) in [5.74, 6) is 9.79. The molecular weight excluding hydrogens is 1530 g/mol. The predicted molar refractivity (Wildman–Crippen MR) is 540 cm³/mol. The molecule has 15 rings (SSSR count). The first-order valence-corrected chi connectivity index (χ1v) is 40.5. The van der Waals surface area contributed by atoms with Crippen molar-refractivity contribution >= 4 is 18.1 Å². The molecule has 0 atom stereocenters. The number of carbonyl (C=O) groups is 3. The summed E-state index contributed by atoms with van der Waals surface area (Å²) < 4.78 is 20.6. The minimum atomic E-state index is -0.734. The lowest BCUT2D eigenvalue weighted by atomic mass is 9.84. The second-order valence-electron chi connectivity index (χ2n) is 30.8. The summed E-state index contributed by atoms with van der Waals surface area (Å²) in [4.78, 5) is 35.1. The molecule has 7 nitrogen and oxygen atoms in total. The molecule has 1 fully saturated rings. The van der Waals surface area contributed by atoms with Crippen LogP contribution in [0.2, 0.25) is 0 Å². The molecule has 1 aliphatic rings. The molecule has 656 valence electrons. The third kappa shape index (κ3) is 41.5. The number of esters is 2. The van der Waals surface area contributed by atoms with Crippen LogP contribution in [0.5, 0.6) is 23.0 Å². The SMILES string of the molecule is C.C.C.C.C.C.C.CC1CCC(C)CC1.Cc1ccc(-c2ccc(-c3ccc(C)cc3)cc2)cc1.Cc1ccc(-c2ccc(C)cc2)cc1.Cc1ccc(C#Cc2ccc(C)cc2)cc1.Cc1ccc(C)cc1.Cc1ccc(OC(=O)Oc2ccc(C)cc2)cc1.Cc1ccc(OC(=O)c2ccc(C)cc2)cc1.Cc1ccc(OC(=O)c2ccc(C)cc2)cc1. The van der Waals surface area contributed by atoms with Gasteiger partial charge in [-0.1, -0.05) is 424 Å². The van der Waals surface area contributed by atoms with Crippen molar-refractivity contribution in [2.45, 2.75) is 188 Å². The van der Waals surface area contributed by atoms with Gasteiger partial charge in [0, 0.05) is 11.1 Å². The molecular formula is C118H142O7. The second kappa shape index (κ2) is 58.0. The Labute approximate surface area is 755 Å². The maximum atomic E-state index is 11.8. The third-order valence-corrected chi connectivity index (χ3v) is 19.6. The summed E-state index contributed by atoms with van der Waals surface area (Å²) in [5.41, 5.74) is 28.0. The van der Waals surface area contributed by atoms with Crippen LogP contribution in [-0.4, -0.2) is 18.1 Å². The zero-order valence-corrected chi connectivity index (χ0v) is 71.7. The van der Waals surface area contributed by atoms with Crippen molar-refractivity contribution in [2.24, 2.45) is 11.8 Å². The van der Waals surface area contributed by atoms with E-state index >= 15 is 0 Å². The van der Waals surface area contributed by atoms with Gasteiger partial charge in [-0.25, -0.2) is 14.4 Å². The zero-order chi connectivity index (χ0) is 84.7. The van der Waals surface area contributed by atoms with Crippen molar-refractivity contribution in [1.82, 2.24) is 0 Å². The minimum Gasteiger partial charge on any atom is -0.423 e. The molecule has 0 heterocycles. The van der Waals surface area contributed by atoms with Crippen LogP contribution in [0.25, 0.3) is 33.4 Å². The number of hydrogen-bond acceptors (Lipinski definition) is 7. The summed E-state index contributed by atoms with van der Waals surface area (Å²) in [6.07, 6.45) is 5.16. The van der Waals surface area contributed by atoms with Gasteiger partial charge in [-0.05, 0) is 239 Å². The molecule has 0 unspecified atom stereocenters. The Kier molecular flexibility index (Phi) is 51.0. The van der Waals surface area contributed by atoms with Crippen molar-refractivity contribution in [3.63, 3.8) is 0 Å². The minimum absolute atomic E-state index is 0. The fourth-order valence-electron chi connectivity index (χ4n) is 11.7. The van der Waals surface area contributed by atoms with E-state index in [-0.39, 0.29) is 63.9 Å². The average molecular weight is 1670 g/mol. The number of hydrogen-bond donors (Lipinski definition) is 0. The molecule has 1 aliphatic carbocycles. The Hall–Kier alpha value is -13.2. The van der Waals surface area contributed by atoms with Gasteiger partial charge in [-0.3, -0.25) is 0 Å². The van der Waals surface area contributed by atoms with Crippen LogP contribution >= 0.6 is 0 Å². The number of carbonyl (C=O) groups excluding carboxylic acids is 3. The highest BCUT2D eigenvalue weighted by atomic mass is 16.7. The van der Waals surface area contributed by atoms with Crippen molar-refractivity contribution < 1.29 is 33.3 Å². The number of ether oxygens (including phenoxy) is 4. The molecule has 7 heteroatoms. The third-order valence-electron chi connectivity index (χ3n) is 19.6. The highest BCUT2D eigenvalue weighted by molar-refractivity contribution is 5.91. The Balaban J connectivity index is 0.000000718. The van der Waals surface area contributed by atoms with Crippen LogP contribution in [0, 0.1) is 121 Å². The van der Waals surface area contributed by atoms with E-state index in [1.165, 1.54) is 104 Å². The summed E-state index contributed by atoms with van der Waals surface area (Å²) in [6.45, 7) is 33.4. The molecule has 14 aromatic rings. The lowest BCUT2D eigenvalue weighted by Crippen LogP contribution is -2.13. The second-order valence-corrected chi connectivity index (χ2v) is 30.8. The summed E-state index contributed by atoms with van der Waals surface area (Å²) in [5, 5.41) is 0. The van der Waals surface area contributed by atoms with E-state index in [2.05, 4.69) is 275 Å². The molecule has 0 N–H and O–H groups in total. The maximum absolute atomic E-state index is 11.8. The molecule has 0 aromatic heterocycles. The van der Waals surface area contributed by atoms with Crippen LogP contribution in [0.15, 0.2) is 340 Å². The maximum Gasteiger partial charge on any atom is 0.519 e. The normalized spacial score (nSPS) is 11.3. The van der Waals surface area contributed by atoms with E-state index in [0.29, 0.717) is 34.1 Å². The quantitative estimate of drug-likeness (QED) is 0.0616. The first-order chi connectivity index (χ1) is 56.7. The van der Waals surface area contributed by atoms with Crippen molar-refractivity contribution in [3.8, 4) is 68.2 Å². The van der Waals surface area contributed by atoms with Crippen molar-refractivity contribution in [3.05, 3.63) is 440 Å². The van der Waals surface area contributed by atoms with Crippen LogP contribution in [0.1, 0.15) is 201 Å². The fraction of sp³-hybridized carbons (Fsp3) is 0.246. The van der Waals surface area contributed by atoms with Crippen LogP contribution < -0.4 is 18.9 Å². The van der Waals surface area contributed by atoms with E-state index < -0.39 is 6.16 Å². The Morgan fingerprint density at radius 2 is 0.336 bits per heavy atom. The monoisotopic (exact) mass is 1670 g/mol. The van der Waals surface area contributed by atoms with Gasteiger partial charge in [0.25, 0.3) is 0 Å². The van der Waals surface area contributed by atoms with Gasteiger partial charge in [0.1, 0.15) is 23.0 Å². The highest BCUT2D eigenvalue weighted by Gasteiger charge is 2.14. The zero-order valence-electron chi connectivity index (χ0n) is 71.7. The van der Waals surface area contributed by atoms with Crippen molar-refractivity contribution in [2.75, 3.05) is 0 Å². The fourth-order valence-corrected chi connectivity index (χ4v) is 11.7. The summed E-state index contributed by atoms with van der Waals surface area (Å²) in [7, 11) is 0. The van der Waals surface area contributed by atoms with Crippen molar-refractivity contribution in [1.29, 1.82) is 0 Å². The summed E-state index contributed by atoms with van der Waals surface area (Å²) in [6, 6.07) is 112. The largest absolute Gasteiger partial charge is 0.519 e. The van der Waals surface area contributed by atoms with Gasteiger partial charge in [0.15, 0.2) is 0 Å². The van der Waals surface area contributed by atoms with Gasteiger partial charge in [-0.2, -0.15) is 0 Å². The number of rotatable bonds is 9. The lowest BCUT2D eigenvalue weighted by molar-refractivity contribution is 0.0725. The molecule has 14 aromatic carbocycles. The van der Waals surface area contributed by atoms with E-state index in [9.17, 15) is 14.4 Å². The Morgan fingerprint density at radius 1 is 0.200 bits per heavy atom. The Morgan fingerprint density at radius 3 is 0.520 bits per heavy atom. The van der Waals surface area contributed by atoms with Gasteiger partial charge in [-0.15, -0.1) is 0 Å². The van der Waals surface area contributed by atoms with E-state index in [1.54, 1.807) is 72.8 Å². The molecule has 125 heavy (non-hydrogen) atoms. The van der Waals surface area contributed by atoms with Gasteiger partial charge < -0.3 is 18.9 Å². The first kappa shape index (κ1) is 110. The molecule has 0 spiro atoms. The van der Waals surface area contributed by atoms with Gasteiger partial charge in [0.05, 0.1) is 11.1 Å². The molecule has 0 aliphatic heterocycles. The van der Waals surface area contributed by atoms with Gasteiger partial charge >= 0.3 is 18.1 Å². The predicted octanol–water partition coefficient (Wildman–Crippen LogP) is 33.8. The highest BCUT2D eigenvalue weighted by Crippen LogP contribution is 2.29. The average Bonchev–Trinajstić information content (AvgIpc) is 0.839. The molecule has 0 saturated heterocycles. The molecule has 1 saturated carbocycles. The van der Waals surface area contributed by atoms with Crippen LogP contribution in [0.3, 0.4) is 0 Å². The number of aryl methyl sites for hydroxylation is 14. The first-order valence-electron chi connectivity index (χ1n) is 40.5. The molecule has 0 bridgehead atoms. The number of benzene rings is 14. The molecule has 0 amide bonds. The van der Waals surface area contributed by atoms with E-state index in [0.717, 1.165) is 56.3 Å². The van der Waals surface area contributed by atoms with Crippen LogP contribution in [-0.2, 0) is 0 Å². The smallest absolute Gasteiger partial charge is 0.423 e. The van der Waals surface area contributed by atoms with Crippen LogP contribution in [0.4, 0.5) is 4.79 Å². The van der Waals surface area contributed by atoms with E-state index in [1.807, 2.05) is 114 Å². The lowest BCUT2D eigenvalue weighted by Gasteiger charge is -2.22.